The second-order valence-electron chi connectivity index (χ2n) is 4.55. The minimum Gasteiger partial charge on any atom is -0.452 e. The van der Waals surface area contributed by atoms with Crippen LogP contribution in [-0.2, 0) is 4.74 Å². The van der Waals surface area contributed by atoms with Crippen LogP contribution in [-0.4, -0.2) is 29.2 Å². The molecule has 0 saturated heterocycles. The number of nitrogens with zero attached hydrogens (tertiary/aromatic N) is 3. The average Bonchev–Trinajstić information content (AvgIpc) is 3.25. The minimum absolute atomic E-state index is 0.616. The molecule has 116 valence electrons. The first kappa shape index (κ1) is 15.0. The van der Waals surface area contributed by atoms with Gasteiger partial charge >= 0.3 is 6.09 Å². The number of methoxy groups -OCH3 is 1. The average molecular weight is 326 g/mol. The lowest BCUT2D eigenvalue weighted by Crippen LogP contribution is -2.16. The first-order valence-electron chi connectivity index (χ1n) is 6.84. The molecule has 3 aromatic rings. The van der Waals surface area contributed by atoms with Gasteiger partial charge in [-0.1, -0.05) is 24.3 Å². The van der Waals surface area contributed by atoms with Crippen LogP contribution < -0.4 is 5.43 Å². The molecule has 0 spiro atoms. The van der Waals surface area contributed by atoms with E-state index in [1.165, 1.54) is 7.11 Å². The number of thiophene rings is 1. The van der Waals surface area contributed by atoms with Crippen LogP contribution in [0.5, 0.6) is 0 Å². The van der Waals surface area contributed by atoms with Crippen molar-refractivity contribution in [1.29, 1.82) is 0 Å². The molecule has 2 heterocycles. The summed E-state index contributed by atoms with van der Waals surface area (Å²) < 4.78 is 6.27. The monoisotopic (exact) mass is 326 g/mol. The highest BCUT2D eigenvalue weighted by molar-refractivity contribution is 7.13. The minimum atomic E-state index is -0.616. The number of rotatable bonds is 4. The number of hydrogen-bond donors (Lipinski definition) is 1. The predicted molar refractivity (Wildman–Crippen MR) is 90.0 cm³/mol. The Kier molecular flexibility index (Phi) is 4.49. The molecule has 0 radical (unpaired) electrons. The summed E-state index contributed by atoms with van der Waals surface area (Å²) in [4.78, 5) is 12.1. The Labute approximate surface area is 137 Å². The normalized spacial score (nSPS) is 10.8. The van der Waals surface area contributed by atoms with Gasteiger partial charge in [0.25, 0.3) is 0 Å². The van der Waals surface area contributed by atoms with Crippen molar-refractivity contribution < 1.29 is 9.53 Å². The Morgan fingerprint density at radius 2 is 2.13 bits per heavy atom. The van der Waals surface area contributed by atoms with Crippen molar-refractivity contribution in [2.45, 2.75) is 0 Å². The van der Waals surface area contributed by atoms with Crippen LogP contribution in [0.1, 0.15) is 5.56 Å². The van der Waals surface area contributed by atoms with Gasteiger partial charge in [0.2, 0.25) is 0 Å². The molecule has 7 heteroatoms. The zero-order valence-corrected chi connectivity index (χ0v) is 13.2. The third-order valence-corrected chi connectivity index (χ3v) is 3.94. The van der Waals surface area contributed by atoms with Crippen LogP contribution in [0.25, 0.3) is 16.3 Å². The highest BCUT2D eigenvalue weighted by atomic mass is 32.1. The maximum atomic E-state index is 11.1. The van der Waals surface area contributed by atoms with Gasteiger partial charge in [0, 0.05) is 11.8 Å². The van der Waals surface area contributed by atoms with E-state index in [1.54, 1.807) is 22.2 Å². The standard InChI is InChI=1S/C16H14N4O2S/c1-22-16(21)18-17-10-12-11-20(13-6-3-2-4-7-13)19-15(12)14-8-5-9-23-14/h2-11H,1H3,(H,18,21). The van der Waals surface area contributed by atoms with Crippen LogP contribution in [0.4, 0.5) is 4.79 Å². The van der Waals surface area contributed by atoms with Gasteiger partial charge in [0.05, 0.1) is 23.9 Å². The fraction of sp³-hybridized carbons (Fsp3) is 0.0625. The molecule has 1 aromatic carbocycles. The van der Waals surface area contributed by atoms with Gasteiger partial charge in [-0.15, -0.1) is 11.3 Å². The summed E-state index contributed by atoms with van der Waals surface area (Å²) in [6.07, 6.45) is 2.81. The second kappa shape index (κ2) is 6.89. The Balaban J connectivity index is 1.96. The van der Waals surface area contributed by atoms with Crippen molar-refractivity contribution in [2.75, 3.05) is 7.11 Å². The van der Waals surface area contributed by atoms with Crippen LogP contribution >= 0.6 is 11.3 Å². The van der Waals surface area contributed by atoms with Gasteiger partial charge in [-0.05, 0) is 23.6 Å². The molecule has 0 bridgehead atoms. The number of carbonyl (C=O) groups excluding carboxylic acids is 1. The topological polar surface area (TPSA) is 68.5 Å². The number of carbonyl (C=O) groups is 1. The van der Waals surface area contributed by atoms with Gasteiger partial charge < -0.3 is 4.74 Å². The Hall–Kier alpha value is -2.93. The van der Waals surface area contributed by atoms with Gasteiger partial charge in [0.1, 0.15) is 5.69 Å². The Morgan fingerprint density at radius 1 is 1.30 bits per heavy atom. The maximum absolute atomic E-state index is 11.1. The molecular weight excluding hydrogens is 312 g/mol. The molecule has 0 aliphatic rings. The van der Waals surface area contributed by atoms with E-state index in [9.17, 15) is 4.79 Å². The van der Waals surface area contributed by atoms with Gasteiger partial charge in [-0.2, -0.15) is 10.2 Å². The number of amides is 1. The molecule has 2 aromatic heterocycles. The van der Waals surface area contributed by atoms with Crippen molar-refractivity contribution in [3.8, 4) is 16.3 Å². The number of hydrazone groups is 1. The van der Waals surface area contributed by atoms with E-state index in [-0.39, 0.29) is 0 Å². The lowest BCUT2D eigenvalue weighted by Gasteiger charge is -1.98. The van der Waals surface area contributed by atoms with Gasteiger partial charge in [-0.25, -0.2) is 14.9 Å². The van der Waals surface area contributed by atoms with E-state index in [0.29, 0.717) is 0 Å². The summed E-state index contributed by atoms with van der Waals surface area (Å²) in [6.45, 7) is 0. The van der Waals surface area contributed by atoms with Crippen molar-refractivity contribution in [1.82, 2.24) is 15.2 Å². The number of aromatic nitrogens is 2. The molecule has 3 rings (SSSR count). The lowest BCUT2D eigenvalue weighted by atomic mass is 10.2. The Morgan fingerprint density at radius 3 is 2.83 bits per heavy atom. The van der Waals surface area contributed by atoms with E-state index in [1.807, 2.05) is 54.0 Å². The molecule has 0 saturated carbocycles. The number of nitrogens with one attached hydrogen (secondary N) is 1. The van der Waals surface area contributed by atoms with Crippen molar-refractivity contribution in [3.63, 3.8) is 0 Å². The van der Waals surface area contributed by atoms with Gasteiger partial charge in [0.15, 0.2) is 0 Å². The first-order valence-corrected chi connectivity index (χ1v) is 7.72. The quantitative estimate of drug-likeness (QED) is 0.591. The highest BCUT2D eigenvalue weighted by Crippen LogP contribution is 2.26. The largest absolute Gasteiger partial charge is 0.452 e. The molecule has 0 unspecified atom stereocenters. The summed E-state index contributed by atoms with van der Waals surface area (Å²) in [5.74, 6) is 0. The van der Waals surface area contributed by atoms with Crippen molar-refractivity contribution in [2.24, 2.45) is 5.10 Å². The van der Waals surface area contributed by atoms with Crippen LogP contribution in [0.3, 0.4) is 0 Å². The molecule has 1 N–H and O–H groups in total. The fourth-order valence-corrected chi connectivity index (χ4v) is 2.73. The molecule has 1 amide bonds. The number of benzene rings is 1. The zero-order valence-electron chi connectivity index (χ0n) is 12.3. The summed E-state index contributed by atoms with van der Waals surface area (Å²) in [5.41, 5.74) is 4.83. The predicted octanol–water partition coefficient (Wildman–Crippen LogP) is 3.29. The summed E-state index contributed by atoms with van der Waals surface area (Å²) >= 11 is 1.59. The molecule has 0 fully saturated rings. The van der Waals surface area contributed by atoms with Crippen LogP contribution in [0.2, 0.25) is 0 Å². The first-order chi connectivity index (χ1) is 11.3. The maximum Gasteiger partial charge on any atom is 0.427 e. The van der Waals surface area contributed by atoms with Crippen molar-refractivity contribution in [3.05, 3.63) is 59.6 Å². The lowest BCUT2D eigenvalue weighted by molar-refractivity contribution is 0.171. The molecule has 0 aliphatic carbocycles. The molecule has 0 aliphatic heterocycles. The third kappa shape index (κ3) is 3.46. The van der Waals surface area contributed by atoms with Crippen LogP contribution in [0.15, 0.2) is 59.1 Å². The number of ether oxygens (including phenoxy) is 1. The molecule has 23 heavy (non-hydrogen) atoms. The summed E-state index contributed by atoms with van der Waals surface area (Å²) in [5, 5.41) is 10.5. The molecular formula is C16H14N4O2S. The van der Waals surface area contributed by atoms with E-state index >= 15 is 0 Å². The fourth-order valence-electron chi connectivity index (χ4n) is 2.00. The van der Waals surface area contributed by atoms with E-state index in [4.69, 9.17) is 0 Å². The van der Waals surface area contributed by atoms with E-state index in [2.05, 4.69) is 20.4 Å². The van der Waals surface area contributed by atoms with E-state index < -0.39 is 6.09 Å². The van der Waals surface area contributed by atoms with Crippen molar-refractivity contribution >= 4 is 23.6 Å². The number of hydrogen-bond acceptors (Lipinski definition) is 5. The summed E-state index contributed by atoms with van der Waals surface area (Å²) in [6, 6.07) is 13.8. The zero-order chi connectivity index (χ0) is 16.1. The molecule has 0 atom stereocenters. The highest BCUT2D eigenvalue weighted by Gasteiger charge is 2.11. The number of para-hydroxylation sites is 1. The Bertz CT molecular complexity index is 810. The molecule has 6 nitrogen and oxygen atoms in total. The summed E-state index contributed by atoms with van der Waals surface area (Å²) in [7, 11) is 1.29. The smallest absolute Gasteiger partial charge is 0.427 e. The third-order valence-electron chi connectivity index (χ3n) is 3.06. The second-order valence-corrected chi connectivity index (χ2v) is 5.50. The van der Waals surface area contributed by atoms with E-state index in [0.717, 1.165) is 21.8 Å². The van der Waals surface area contributed by atoms with Gasteiger partial charge in [-0.3, -0.25) is 0 Å². The van der Waals surface area contributed by atoms with Crippen LogP contribution in [0, 0.1) is 0 Å². The SMILES string of the molecule is COC(=O)NN=Cc1cn(-c2ccccc2)nc1-c1cccs1.